The van der Waals surface area contributed by atoms with Gasteiger partial charge in [0.2, 0.25) is 5.88 Å². The molecular weight excluding hydrogens is 351 g/mol. The number of fused-ring (bicyclic) bond motifs is 1. The second-order valence-electron chi connectivity index (χ2n) is 6.61. The second-order valence-corrected chi connectivity index (χ2v) is 6.61. The van der Waals surface area contributed by atoms with Crippen molar-refractivity contribution in [3.63, 3.8) is 0 Å². The first-order chi connectivity index (χ1) is 13.1. The lowest BCUT2D eigenvalue weighted by Gasteiger charge is -2.29. The van der Waals surface area contributed by atoms with Gasteiger partial charge in [-0.15, -0.1) is 0 Å². The van der Waals surface area contributed by atoms with Gasteiger partial charge in [-0.05, 0) is 25.0 Å². The number of hydrogen-bond donors (Lipinski definition) is 1. The second kappa shape index (κ2) is 7.26. The van der Waals surface area contributed by atoms with Crippen LogP contribution in [-0.2, 0) is 6.61 Å². The number of furan rings is 1. The molecule has 0 spiro atoms. The number of amides is 1. The summed E-state index contributed by atoms with van der Waals surface area (Å²) >= 11 is 0. The molecule has 4 rings (SSSR count). The summed E-state index contributed by atoms with van der Waals surface area (Å²) in [6, 6.07) is 10.7. The third kappa shape index (κ3) is 3.58. The first-order valence-electron chi connectivity index (χ1n) is 8.84. The van der Waals surface area contributed by atoms with Crippen LogP contribution in [0.1, 0.15) is 30.0 Å². The molecule has 0 atom stereocenters. The standard InChI is InChI=1S/C20H19FN2O4/c21-18-15(5-4-14-8-11-26-19(14)18)12-27-17-3-1-2-16(22-17)13-6-9-23(10-7-13)20(24)25/h1-5,8,11,13H,6-7,9-10,12H2,(H,24,25). The van der Waals surface area contributed by atoms with Gasteiger partial charge in [-0.3, -0.25) is 0 Å². The van der Waals surface area contributed by atoms with Gasteiger partial charge in [-0.25, -0.2) is 14.2 Å². The Balaban J connectivity index is 1.43. The predicted octanol–water partition coefficient (Wildman–Crippen LogP) is 4.40. The smallest absolute Gasteiger partial charge is 0.407 e. The van der Waals surface area contributed by atoms with Crippen LogP contribution in [0.3, 0.4) is 0 Å². The van der Waals surface area contributed by atoms with E-state index in [1.165, 1.54) is 11.2 Å². The Morgan fingerprint density at radius 1 is 1.26 bits per heavy atom. The molecule has 6 nitrogen and oxygen atoms in total. The minimum Gasteiger partial charge on any atom is -0.473 e. The molecule has 140 valence electrons. The Morgan fingerprint density at radius 3 is 2.85 bits per heavy atom. The number of rotatable bonds is 4. The van der Waals surface area contributed by atoms with Crippen molar-refractivity contribution >= 4 is 17.1 Å². The van der Waals surface area contributed by atoms with E-state index in [-0.39, 0.29) is 18.1 Å². The maximum absolute atomic E-state index is 14.4. The Kier molecular flexibility index (Phi) is 4.66. The van der Waals surface area contributed by atoms with Gasteiger partial charge in [0.05, 0.1) is 6.26 Å². The monoisotopic (exact) mass is 370 g/mol. The highest BCUT2D eigenvalue weighted by Crippen LogP contribution is 2.28. The van der Waals surface area contributed by atoms with Gasteiger partial charge in [0, 0.05) is 41.7 Å². The van der Waals surface area contributed by atoms with Crippen LogP contribution in [0.2, 0.25) is 0 Å². The summed E-state index contributed by atoms with van der Waals surface area (Å²) in [6.07, 6.45) is 2.03. The molecule has 0 bridgehead atoms. The molecule has 7 heteroatoms. The van der Waals surface area contributed by atoms with Gasteiger partial charge in [-0.1, -0.05) is 18.2 Å². The van der Waals surface area contributed by atoms with Crippen LogP contribution in [0.4, 0.5) is 9.18 Å². The average molecular weight is 370 g/mol. The Morgan fingerprint density at radius 2 is 2.07 bits per heavy atom. The SMILES string of the molecule is O=C(O)N1CCC(c2cccc(OCc3ccc4ccoc4c3F)n2)CC1. The zero-order valence-corrected chi connectivity index (χ0v) is 14.6. The van der Waals surface area contributed by atoms with Gasteiger partial charge < -0.3 is 19.2 Å². The molecular formula is C20H19FN2O4. The fourth-order valence-electron chi connectivity index (χ4n) is 3.41. The maximum Gasteiger partial charge on any atom is 0.407 e. The summed E-state index contributed by atoms with van der Waals surface area (Å²) in [4.78, 5) is 17.0. The molecule has 3 heterocycles. The Labute approximate surface area is 155 Å². The molecule has 1 aliphatic heterocycles. The van der Waals surface area contributed by atoms with E-state index in [4.69, 9.17) is 14.3 Å². The van der Waals surface area contributed by atoms with Crippen molar-refractivity contribution < 1.29 is 23.4 Å². The summed E-state index contributed by atoms with van der Waals surface area (Å²) in [5.74, 6) is 0.196. The van der Waals surface area contributed by atoms with E-state index in [1.807, 2.05) is 12.1 Å². The fraction of sp³-hybridized carbons (Fsp3) is 0.300. The van der Waals surface area contributed by atoms with E-state index >= 15 is 0 Å². The first kappa shape index (κ1) is 17.3. The minimum absolute atomic E-state index is 0.0520. The number of carboxylic acid groups (broad SMARTS) is 1. The van der Waals surface area contributed by atoms with E-state index in [2.05, 4.69) is 4.98 Å². The van der Waals surface area contributed by atoms with Crippen LogP contribution < -0.4 is 4.74 Å². The van der Waals surface area contributed by atoms with E-state index in [1.54, 1.807) is 24.3 Å². The van der Waals surface area contributed by atoms with Gasteiger partial charge in [0.1, 0.15) is 6.61 Å². The highest BCUT2D eigenvalue weighted by atomic mass is 19.1. The van der Waals surface area contributed by atoms with Crippen molar-refractivity contribution in [1.82, 2.24) is 9.88 Å². The van der Waals surface area contributed by atoms with E-state index in [0.29, 0.717) is 29.9 Å². The quantitative estimate of drug-likeness (QED) is 0.736. The number of benzene rings is 1. The molecule has 1 fully saturated rings. The molecule has 0 unspecified atom stereocenters. The van der Waals surface area contributed by atoms with Crippen molar-refractivity contribution in [3.05, 3.63) is 59.7 Å². The Bertz CT molecular complexity index is 964. The number of carbonyl (C=O) groups is 1. The molecule has 1 N–H and O–H groups in total. The van der Waals surface area contributed by atoms with Gasteiger partial charge in [0.25, 0.3) is 0 Å². The maximum atomic E-state index is 14.4. The summed E-state index contributed by atoms with van der Waals surface area (Å²) < 4.78 is 25.3. The summed E-state index contributed by atoms with van der Waals surface area (Å²) in [7, 11) is 0. The number of pyridine rings is 1. The summed E-state index contributed by atoms with van der Waals surface area (Å²) in [6.45, 7) is 1.05. The number of nitrogens with zero attached hydrogens (tertiary/aromatic N) is 2. The third-order valence-corrected chi connectivity index (χ3v) is 4.95. The van der Waals surface area contributed by atoms with Crippen LogP contribution in [0, 0.1) is 5.82 Å². The average Bonchev–Trinajstić information content (AvgIpc) is 3.17. The van der Waals surface area contributed by atoms with Crippen molar-refractivity contribution in [2.24, 2.45) is 0 Å². The van der Waals surface area contributed by atoms with Crippen molar-refractivity contribution in [2.45, 2.75) is 25.4 Å². The normalized spacial score (nSPS) is 15.2. The molecule has 27 heavy (non-hydrogen) atoms. The number of halogens is 1. The lowest BCUT2D eigenvalue weighted by Crippen LogP contribution is -2.36. The molecule has 2 aromatic heterocycles. The topological polar surface area (TPSA) is 75.8 Å². The minimum atomic E-state index is -0.881. The van der Waals surface area contributed by atoms with Crippen LogP contribution in [0.15, 0.2) is 47.1 Å². The molecule has 1 saturated heterocycles. The van der Waals surface area contributed by atoms with Crippen LogP contribution in [0.5, 0.6) is 5.88 Å². The lowest BCUT2D eigenvalue weighted by molar-refractivity contribution is 0.131. The molecule has 1 amide bonds. The first-order valence-corrected chi connectivity index (χ1v) is 8.84. The molecule has 3 aromatic rings. The van der Waals surface area contributed by atoms with Crippen LogP contribution >= 0.6 is 0 Å². The summed E-state index contributed by atoms with van der Waals surface area (Å²) in [5.41, 5.74) is 1.50. The van der Waals surface area contributed by atoms with E-state index < -0.39 is 11.9 Å². The van der Waals surface area contributed by atoms with Crippen LogP contribution in [-0.4, -0.2) is 34.2 Å². The zero-order chi connectivity index (χ0) is 18.8. The van der Waals surface area contributed by atoms with Crippen molar-refractivity contribution in [2.75, 3.05) is 13.1 Å². The molecule has 1 aromatic carbocycles. The third-order valence-electron chi connectivity index (χ3n) is 4.95. The lowest BCUT2D eigenvalue weighted by atomic mass is 9.93. The molecule has 0 radical (unpaired) electrons. The number of hydrogen-bond acceptors (Lipinski definition) is 4. The number of ether oxygens (including phenoxy) is 1. The molecule has 0 aliphatic carbocycles. The largest absolute Gasteiger partial charge is 0.473 e. The number of aromatic nitrogens is 1. The van der Waals surface area contributed by atoms with E-state index in [0.717, 1.165) is 18.5 Å². The fourth-order valence-corrected chi connectivity index (χ4v) is 3.41. The van der Waals surface area contributed by atoms with Gasteiger partial charge in [-0.2, -0.15) is 0 Å². The number of piperidine rings is 1. The Hall–Kier alpha value is -3.09. The van der Waals surface area contributed by atoms with E-state index in [9.17, 15) is 9.18 Å². The number of likely N-dealkylation sites (tertiary alicyclic amines) is 1. The van der Waals surface area contributed by atoms with Crippen LogP contribution in [0.25, 0.3) is 11.0 Å². The molecule has 1 aliphatic rings. The van der Waals surface area contributed by atoms with Gasteiger partial charge >= 0.3 is 6.09 Å². The highest BCUT2D eigenvalue weighted by Gasteiger charge is 2.24. The van der Waals surface area contributed by atoms with Crippen molar-refractivity contribution in [3.8, 4) is 5.88 Å². The van der Waals surface area contributed by atoms with Gasteiger partial charge in [0.15, 0.2) is 11.4 Å². The predicted molar refractivity (Wildman–Crippen MR) is 96.3 cm³/mol. The summed E-state index contributed by atoms with van der Waals surface area (Å²) in [5, 5.41) is 9.76. The molecule has 0 saturated carbocycles. The van der Waals surface area contributed by atoms with Crippen molar-refractivity contribution in [1.29, 1.82) is 0 Å². The highest BCUT2D eigenvalue weighted by molar-refractivity contribution is 5.78. The zero-order valence-electron chi connectivity index (χ0n) is 14.6.